The molecule has 0 spiro atoms. The van der Waals surface area contributed by atoms with Gasteiger partial charge in [-0.25, -0.2) is 0 Å². The van der Waals surface area contributed by atoms with E-state index in [4.69, 9.17) is 5.73 Å². The Morgan fingerprint density at radius 2 is 1.56 bits per heavy atom. The number of alkyl halides is 1. The van der Waals surface area contributed by atoms with Gasteiger partial charge in [0.2, 0.25) is 23.6 Å². The largest absolute Gasteiger partial charge is 0.355 e. The summed E-state index contributed by atoms with van der Waals surface area (Å²) in [5.41, 5.74) is 5.31. The van der Waals surface area contributed by atoms with Gasteiger partial charge in [-0.2, -0.15) is 0 Å². The van der Waals surface area contributed by atoms with Gasteiger partial charge in [0.15, 0.2) is 0 Å². The normalized spacial score (nSPS) is 12.9. The monoisotopic (exact) mass is 469 g/mol. The molecule has 0 heterocycles. The molecular weight excluding hydrogens is 441 g/mol. The van der Waals surface area contributed by atoms with E-state index in [9.17, 15) is 19.2 Å². The highest BCUT2D eigenvalue weighted by molar-refractivity contribution is 14.1. The SMILES string of the molecule is CC(C)[C@H](NC(=O)CCNC(=O)CI)C(=O)N[C@@H](C)C(=O)NCCN. The molecule has 0 fully saturated rings. The highest BCUT2D eigenvalue weighted by Gasteiger charge is 2.26. The molecule has 25 heavy (non-hydrogen) atoms. The van der Waals surface area contributed by atoms with E-state index in [1.807, 2.05) is 22.6 Å². The van der Waals surface area contributed by atoms with Crippen LogP contribution in [0.4, 0.5) is 0 Å². The second kappa shape index (κ2) is 12.9. The van der Waals surface area contributed by atoms with Crippen molar-refractivity contribution in [2.45, 2.75) is 39.3 Å². The lowest BCUT2D eigenvalue weighted by Crippen LogP contribution is -2.55. The fourth-order valence-corrected chi connectivity index (χ4v) is 2.13. The van der Waals surface area contributed by atoms with E-state index in [1.165, 1.54) is 0 Å². The molecule has 0 aromatic rings. The summed E-state index contributed by atoms with van der Waals surface area (Å²) < 4.78 is 0.320. The van der Waals surface area contributed by atoms with Gasteiger partial charge in [-0.05, 0) is 12.8 Å². The van der Waals surface area contributed by atoms with Crippen LogP contribution < -0.4 is 27.0 Å². The maximum absolute atomic E-state index is 12.3. The lowest BCUT2D eigenvalue weighted by atomic mass is 10.0. The third-order valence-corrected chi connectivity index (χ3v) is 3.95. The third-order valence-electron chi connectivity index (χ3n) is 3.26. The van der Waals surface area contributed by atoms with Crippen LogP contribution in [0.1, 0.15) is 27.2 Å². The van der Waals surface area contributed by atoms with Crippen LogP contribution in [0.25, 0.3) is 0 Å². The Bertz CT molecular complexity index is 473. The molecule has 0 bridgehead atoms. The van der Waals surface area contributed by atoms with E-state index in [0.717, 1.165) is 0 Å². The van der Waals surface area contributed by atoms with Gasteiger partial charge >= 0.3 is 0 Å². The van der Waals surface area contributed by atoms with Crippen LogP contribution >= 0.6 is 22.6 Å². The van der Waals surface area contributed by atoms with Crippen LogP contribution in [0, 0.1) is 5.92 Å². The molecule has 0 aliphatic carbocycles. The molecule has 0 rings (SSSR count). The molecule has 0 unspecified atom stereocenters. The lowest BCUT2D eigenvalue weighted by molar-refractivity contribution is -0.132. The summed E-state index contributed by atoms with van der Waals surface area (Å²) in [4.78, 5) is 47.2. The Labute approximate surface area is 161 Å². The highest BCUT2D eigenvalue weighted by Crippen LogP contribution is 2.03. The summed E-state index contributed by atoms with van der Waals surface area (Å²) in [5, 5.41) is 10.4. The topological polar surface area (TPSA) is 142 Å². The number of hydrogen-bond acceptors (Lipinski definition) is 5. The first kappa shape index (κ1) is 23.6. The van der Waals surface area contributed by atoms with Gasteiger partial charge in [0.25, 0.3) is 0 Å². The Balaban J connectivity index is 4.51. The molecule has 9 nitrogen and oxygen atoms in total. The van der Waals surface area contributed by atoms with Crippen molar-refractivity contribution in [3.8, 4) is 0 Å². The van der Waals surface area contributed by atoms with Gasteiger partial charge in [-0.15, -0.1) is 0 Å². The van der Waals surface area contributed by atoms with Gasteiger partial charge in [-0.3, -0.25) is 19.2 Å². The number of carbonyl (C=O) groups is 4. The quantitative estimate of drug-likeness (QED) is 0.188. The van der Waals surface area contributed by atoms with Gasteiger partial charge in [0, 0.05) is 26.1 Å². The average Bonchev–Trinajstić information content (AvgIpc) is 2.56. The van der Waals surface area contributed by atoms with Gasteiger partial charge in [0.05, 0.1) is 4.43 Å². The second-order valence-corrected chi connectivity index (χ2v) is 6.60. The summed E-state index contributed by atoms with van der Waals surface area (Å²) in [7, 11) is 0. The maximum atomic E-state index is 12.3. The number of nitrogens with one attached hydrogen (secondary N) is 4. The summed E-state index contributed by atoms with van der Waals surface area (Å²) >= 11 is 1.93. The smallest absolute Gasteiger partial charge is 0.243 e. The Hall–Kier alpha value is -1.43. The number of hydrogen-bond donors (Lipinski definition) is 5. The van der Waals surface area contributed by atoms with Gasteiger partial charge in [-0.1, -0.05) is 36.4 Å². The Morgan fingerprint density at radius 1 is 0.920 bits per heavy atom. The molecule has 0 aromatic carbocycles. The summed E-state index contributed by atoms with van der Waals surface area (Å²) in [6, 6.07) is -1.50. The van der Waals surface area contributed by atoms with Crippen molar-refractivity contribution >= 4 is 46.2 Å². The summed E-state index contributed by atoms with van der Waals surface area (Å²) in [6.07, 6.45) is 0.0748. The van der Waals surface area contributed by atoms with Gasteiger partial charge < -0.3 is 27.0 Å². The van der Waals surface area contributed by atoms with Crippen molar-refractivity contribution in [1.29, 1.82) is 0 Å². The predicted octanol–water partition coefficient (Wildman–Crippen LogP) is -1.35. The van der Waals surface area contributed by atoms with Crippen molar-refractivity contribution in [3.05, 3.63) is 0 Å². The van der Waals surface area contributed by atoms with E-state index in [-0.39, 0.29) is 36.6 Å². The number of amides is 4. The number of carbonyl (C=O) groups excluding carboxylic acids is 4. The number of nitrogens with two attached hydrogens (primary N) is 1. The van der Waals surface area contributed by atoms with Crippen molar-refractivity contribution in [2.75, 3.05) is 24.1 Å². The first-order valence-electron chi connectivity index (χ1n) is 8.13. The molecule has 0 aliphatic rings. The van der Waals surface area contributed by atoms with Crippen molar-refractivity contribution in [1.82, 2.24) is 21.3 Å². The first-order chi connectivity index (χ1) is 11.7. The molecule has 144 valence electrons. The van der Waals surface area contributed by atoms with Crippen molar-refractivity contribution in [2.24, 2.45) is 11.7 Å². The minimum absolute atomic E-state index is 0.0748. The maximum Gasteiger partial charge on any atom is 0.243 e. The fourth-order valence-electron chi connectivity index (χ4n) is 1.86. The van der Waals surface area contributed by atoms with E-state index in [1.54, 1.807) is 20.8 Å². The van der Waals surface area contributed by atoms with E-state index < -0.39 is 18.0 Å². The predicted molar refractivity (Wildman–Crippen MR) is 103 cm³/mol. The number of halogens is 1. The summed E-state index contributed by atoms with van der Waals surface area (Å²) in [6.45, 7) is 5.99. The van der Waals surface area contributed by atoms with Crippen molar-refractivity contribution in [3.63, 3.8) is 0 Å². The standard InChI is InChI=1S/C15H28IN5O4/c1-9(2)13(21-11(22)4-6-18-12(23)8-16)15(25)20-10(3)14(24)19-7-5-17/h9-10,13H,4-8,17H2,1-3H3,(H,18,23)(H,19,24)(H,20,25)(H,21,22)/t10-,13-/m0/s1. The van der Waals surface area contributed by atoms with Crippen LogP contribution in [0.2, 0.25) is 0 Å². The molecule has 0 saturated heterocycles. The van der Waals surface area contributed by atoms with E-state index in [0.29, 0.717) is 17.5 Å². The fraction of sp³-hybridized carbons (Fsp3) is 0.733. The molecule has 0 aliphatic heterocycles. The van der Waals surface area contributed by atoms with Crippen LogP contribution in [0.3, 0.4) is 0 Å². The number of rotatable bonds is 11. The minimum Gasteiger partial charge on any atom is -0.355 e. The zero-order valence-electron chi connectivity index (χ0n) is 14.9. The second-order valence-electron chi connectivity index (χ2n) is 5.83. The molecule has 6 N–H and O–H groups in total. The third kappa shape index (κ3) is 10.2. The van der Waals surface area contributed by atoms with E-state index in [2.05, 4.69) is 21.3 Å². The van der Waals surface area contributed by atoms with Gasteiger partial charge in [0.1, 0.15) is 12.1 Å². The molecule has 10 heteroatoms. The Morgan fingerprint density at radius 3 is 2.08 bits per heavy atom. The summed E-state index contributed by atoms with van der Waals surface area (Å²) in [5.74, 6) is -1.43. The van der Waals surface area contributed by atoms with Crippen LogP contribution in [-0.4, -0.2) is 59.8 Å². The van der Waals surface area contributed by atoms with Crippen LogP contribution in [0.5, 0.6) is 0 Å². The molecule has 2 atom stereocenters. The molecule has 4 amide bonds. The van der Waals surface area contributed by atoms with Crippen LogP contribution in [-0.2, 0) is 19.2 Å². The minimum atomic E-state index is -0.766. The molecular formula is C15H28IN5O4. The van der Waals surface area contributed by atoms with Crippen molar-refractivity contribution < 1.29 is 19.2 Å². The Kier molecular flexibility index (Phi) is 12.1. The lowest BCUT2D eigenvalue weighted by Gasteiger charge is -2.23. The van der Waals surface area contributed by atoms with Crippen LogP contribution in [0.15, 0.2) is 0 Å². The molecule has 0 aromatic heterocycles. The average molecular weight is 469 g/mol. The first-order valence-corrected chi connectivity index (χ1v) is 9.65. The zero-order chi connectivity index (χ0) is 19.4. The zero-order valence-corrected chi connectivity index (χ0v) is 17.0. The highest BCUT2D eigenvalue weighted by atomic mass is 127. The molecule has 0 saturated carbocycles. The van der Waals surface area contributed by atoms with E-state index >= 15 is 0 Å². The molecule has 0 radical (unpaired) electrons.